The van der Waals surface area contributed by atoms with Gasteiger partial charge in [0.1, 0.15) is 11.6 Å². The van der Waals surface area contributed by atoms with Gasteiger partial charge in [0.15, 0.2) is 4.90 Å². The molecule has 1 fully saturated rings. The number of halogens is 2. The number of methoxy groups -OCH3 is 1. The lowest BCUT2D eigenvalue weighted by molar-refractivity contribution is -0.146. The Hall–Kier alpha value is -1.54. The second-order valence-electron chi connectivity index (χ2n) is 4.75. The second kappa shape index (κ2) is 6.07. The third kappa shape index (κ3) is 3.06. The first-order valence-electron chi connectivity index (χ1n) is 6.40. The number of benzene rings is 1. The molecule has 0 bridgehead atoms. The Labute approximate surface area is 121 Å². The maximum absolute atomic E-state index is 13.6. The van der Waals surface area contributed by atoms with E-state index in [9.17, 15) is 22.0 Å². The summed E-state index contributed by atoms with van der Waals surface area (Å²) in [5, 5.41) is 0. The summed E-state index contributed by atoms with van der Waals surface area (Å²) in [5.41, 5.74) is 0. The van der Waals surface area contributed by atoms with E-state index in [-0.39, 0.29) is 31.8 Å². The minimum atomic E-state index is -4.25. The van der Waals surface area contributed by atoms with Crippen molar-refractivity contribution in [3.63, 3.8) is 0 Å². The zero-order valence-corrected chi connectivity index (χ0v) is 12.2. The average molecular weight is 319 g/mol. The molecule has 2 rings (SSSR count). The molecule has 0 saturated carbocycles. The van der Waals surface area contributed by atoms with Crippen LogP contribution in [0.1, 0.15) is 12.8 Å². The lowest BCUT2D eigenvalue weighted by Gasteiger charge is -2.29. The Balaban J connectivity index is 2.21. The Bertz CT molecular complexity index is 619. The van der Waals surface area contributed by atoms with Crippen molar-refractivity contribution in [3.05, 3.63) is 29.8 Å². The summed E-state index contributed by atoms with van der Waals surface area (Å²) < 4.78 is 57.5. The molecule has 5 nitrogen and oxygen atoms in total. The van der Waals surface area contributed by atoms with Gasteiger partial charge in [0.05, 0.1) is 13.0 Å². The molecule has 1 aliphatic rings. The molecule has 0 aliphatic carbocycles. The van der Waals surface area contributed by atoms with Crippen LogP contribution in [0.4, 0.5) is 8.78 Å². The number of nitrogens with zero attached hydrogens (tertiary/aromatic N) is 1. The summed E-state index contributed by atoms with van der Waals surface area (Å²) in [7, 11) is -2.98. The number of piperidine rings is 1. The highest BCUT2D eigenvalue weighted by molar-refractivity contribution is 7.89. The molecule has 1 saturated heterocycles. The molecule has 1 aliphatic heterocycles. The number of hydrogen-bond donors (Lipinski definition) is 0. The number of carbonyl (C=O) groups excluding carboxylic acids is 1. The summed E-state index contributed by atoms with van der Waals surface area (Å²) in [6.45, 7) is 0.0474. The lowest BCUT2D eigenvalue weighted by atomic mass is 9.99. The molecular formula is C13H15F2NO4S. The molecule has 21 heavy (non-hydrogen) atoms. The Kier molecular flexibility index (Phi) is 4.58. The van der Waals surface area contributed by atoms with Crippen molar-refractivity contribution in [2.75, 3.05) is 20.2 Å². The van der Waals surface area contributed by atoms with Crippen LogP contribution >= 0.6 is 0 Å². The zero-order chi connectivity index (χ0) is 15.6. The molecule has 0 unspecified atom stereocenters. The van der Waals surface area contributed by atoms with E-state index in [0.29, 0.717) is 0 Å². The Morgan fingerprint density at radius 2 is 1.76 bits per heavy atom. The smallest absolute Gasteiger partial charge is 0.308 e. The van der Waals surface area contributed by atoms with Crippen molar-refractivity contribution in [3.8, 4) is 0 Å². The molecule has 8 heteroatoms. The molecule has 1 aromatic rings. The third-order valence-electron chi connectivity index (χ3n) is 3.51. The van der Waals surface area contributed by atoms with Crippen LogP contribution in [0.5, 0.6) is 0 Å². The number of sulfonamides is 1. The molecule has 0 N–H and O–H groups in total. The van der Waals surface area contributed by atoms with Crippen LogP contribution in [0.15, 0.2) is 23.1 Å². The van der Waals surface area contributed by atoms with Crippen molar-refractivity contribution in [1.29, 1.82) is 0 Å². The van der Waals surface area contributed by atoms with Crippen molar-refractivity contribution in [2.24, 2.45) is 5.92 Å². The standard InChI is InChI=1S/C13H15F2NO4S/c1-20-13(17)9-5-7-16(8-6-9)21(18,19)12-10(14)3-2-4-11(12)15/h2-4,9H,5-8H2,1H3. The number of hydrogen-bond acceptors (Lipinski definition) is 4. The minimum absolute atomic E-state index is 0.0237. The van der Waals surface area contributed by atoms with Crippen molar-refractivity contribution < 1.29 is 26.7 Å². The molecule has 1 aromatic carbocycles. The number of ether oxygens (including phenoxy) is 1. The molecule has 0 amide bonds. The predicted octanol–water partition coefficient (Wildman–Crippen LogP) is 1.54. The normalized spacial score (nSPS) is 17.7. The van der Waals surface area contributed by atoms with Gasteiger partial charge in [0.2, 0.25) is 10.0 Å². The summed E-state index contributed by atoms with van der Waals surface area (Å²) in [4.78, 5) is 10.4. The number of rotatable bonds is 3. The first kappa shape index (κ1) is 15.8. The lowest BCUT2D eigenvalue weighted by Crippen LogP contribution is -2.41. The van der Waals surface area contributed by atoms with Crippen molar-refractivity contribution in [1.82, 2.24) is 4.31 Å². The molecule has 0 spiro atoms. The highest BCUT2D eigenvalue weighted by Gasteiger charge is 2.35. The first-order chi connectivity index (χ1) is 9.87. The van der Waals surface area contributed by atoms with E-state index in [4.69, 9.17) is 0 Å². The van der Waals surface area contributed by atoms with Gasteiger partial charge < -0.3 is 4.74 Å². The molecule has 0 atom stereocenters. The minimum Gasteiger partial charge on any atom is -0.469 e. The molecule has 1 heterocycles. The SMILES string of the molecule is COC(=O)C1CCN(S(=O)(=O)c2c(F)cccc2F)CC1. The topological polar surface area (TPSA) is 63.7 Å². The van der Waals surface area contributed by atoms with E-state index < -0.39 is 32.5 Å². The summed E-state index contributed by atoms with van der Waals surface area (Å²) in [5.74, 6) is -3.02. The van der Waals surface area contributed by atoms with Gasteiger partial charge in [0.25, 0.3) is 0 Å². The predicted molar refractivity (Wildman–Crippen MR) is 69.9 cm³/mol. The van der Waals surface area contributed by atoms with Gasteiger partial charge in [-0.25, -0.2) is 17.2 Å². The largest absolute Gasteiger partial charge is 0.469 e. The molecular weight excluding hydrogens is 304 g/mol. The van der Waals surface area contributed by atoms with Gasteiger partial charge in [-0.2, -0.15) is 4.31 Å². The highest BCUT2D eigenvalue weighted by Crippen LogP contribution is 2.27. The van der Waals surface area contributed by atoms with Gasteiger partial charge in [-0.05, 0) is 25.0 Å². The van der Waals surface area contributed by atoms with Crippen LogP contribution < -0.4 is 0 Å². The Morgan fingerprint density at radius 3 is 2.24 bits per heavy atom. The van der Waals surface area contributed by atoms with E-state index in [0.717, 1.165) is 22.5 Å². The van der Waals surface area contributed by atoms with Crippen molar-refractivity contribution in [2.45, 2.75) is 17.7 Å². The van der Waals surface area contributed by atoms with Gasteiger partial charge in [0, 0.05) is 13.1 Å². The summed E-state index contributed by atoms with van der Waals surface area (Å²) in [6, 6.07) is 2.90. The fourth-order valence-corrected chi connectivity index (χ4v) is 3.94. The van der Waals surface area contributed by atoms with Crippen LogP contribution in [0.3, 0.4) is 0 Å². The maximum atomic E-state index is 13.6. The van der Waals surface area contributed by atoms with Gasteiger partial charge in [-0.15, -0.1) is 0 Å². The fraction of sp³-hybridized carbons (Fsp3) is 0.462. The number of esters is 1. The van der Waals surface area contributed by atoms with E-state index in [2.05, 4.69) is 4.74 Å². The zero-order valence-electron chi connectivity index (χ0n) is 11.4. The maximum Gasteiger partial charge on any atom is 0.308 e. The van der Waals surface area contributed by atoms with Crippen LogP contribution in [-0.4, -0.2) is 38.9 Å². The third-order valence-corrected chi connectivity index (χ3v) is 5.46. The quantitative estimate of drug-likeness (QED) is 0.793. The van der Waals surface area contributed by atoms with Crippen LogP contribution in [0.2, 0.25) is 0 Å². The van der Waals surface area contributed by atoms with E-state index in [1.54, 1.807) is 0 Å². The monoisotopic (exact) mass is 319 g/mol. The van der Waals surface area contributed by atoms with E-state index >= 15 is 0 Å². The highest BCUT2D eigenvalue weighted by atomic mass is 32.2. The second-order valence-corrected chi connectivity index (χ2v) is 6.63. The molecule has 116 valence electrons. The Morgan fingerprint density at radius 1 is 1.24 bits per heavy atom. The van der Waals surface area contributed by atoms with Gasteiger partial charge in [-0.1, -0.05) is 6.07 Å². The molecule has 0 aromatic heterocycles. The van der Waals surface area contributed by atoms with Gasteiger partial charge >= 0.3 is 5.97 Å². The van der Waals surface area contributed by atoms with E-state index in [1.807, 2.05) is 0 Å². The van der Waals surface area contributed by atoms with Crippen LogP contribution in [-0.2, 0) is 19.6 Å². The summed E-state index contributed by atoms with van der Waals surface area (Å²) in [6.07, 6.45) is 0.532. The first-order valence-corrected chi connectivity index (χ1v) is 7.84. The van der Waals surface area contributed by atoms with Crippen LogP contribution in [0.25, 0.3) is 0 Å². The van der Waals surface area contributed by atoms with Crippen molar-refractivity contribution >= 4 is 16.0 Å². The average Bonchev–Trinajstić information content (AvgIpc) is 2.46. The van der Waals surface area contributed by atoms with Crippen LogP contribution in [0, 0.1) is 17.6 Å². The fourth-order valence-electron chi connectivity index (χ4n) is 2.36. The van der Waals surface area contributed by atoms with E-state index in [1.165, 1.54) is 7.11 Å². The molecule has 0 radical (unpaired) electrons. The number of carbonyl (C=O) groups is 1. The van der Waals surface area contributed by atoms with Gasteiger partial charge in [-0.3, -0.25) is 4.79 Å². The summed E-state index contributed by atoms with van der Waals surface area (Å²) >= 11 is 0.